The summed E-state index contributed by atoms with van der Waals surface area (Å²) in [6.45, 7) is 7.17. The van der Waals surface area contributed by atoms with Crippen LogP contribution in [0.3, 0.4) is 0 Å². The lowest BCUT2D eigenvalue weighted by molar-refractivity contribution is 0.781. The molecule has 4 heteroatoms. The van der Waals surface area contributed by atoms with Crippen LogP contribution in [0.2, 0.25) is 0 Å². The van der Waals surface area contributed by atoms with Crippen molar-refractivity contribution in [3.63, 3.8) is 0 Å². The van der Waals surface area contributed by atoms with Gasteiger partial charge in [-0.3, -0.25) is 5.10 Å². The van der Waals surface area contributed by atoms with Gasteiger partial charge in [0.15, 0.2) is 0 Å². The standard InChI is InChI=1S/C14H18BrN3/c1-8-5-10(3)11(6-9(8)2)14-13(15)12(7-16-4)17-18-14/h5-6,16H,7H2,1-4H3,(H,17,18). The Labute approximate surface area is 116 Å². The first kappa shape index (κ1) is 13.3. The summed E-state index contributed by atoms with van der Waals surface area (Å²) in [5.41, 5.74) is 7.11. The summed E-state index contributed by atoms with van der Waals surface area (Å²) in [4.78, 5) is 0. The number of halogens is 1. The van der Waals surface area contributed by atoms with Crippen LogP contribution < -0.4 is 5.32 Å². The van der Waals surface area contributed by atoms with Crippen molar-refractivity contribution < 1.29 is 0 Å². The molecule has 0 aliphatic rings. The Morgan fingerprint density at radius 1 is 1.17 bits per heavy atom. The molecule has 0 bridgehead atoms. The Balaban J connectivity index is 2.52. The van der Waals surface area contributed by atoms with Crippen LogP contribution in [-0.2, 0) is 6.54 Å². The molecule has 0 unspecified atom stereocenters. The van der Waals surface area contributed by atoms with Gasteiger partial charge < -0.3 is 5.32 Å². The number of hydrogen-bond acceptors (Lipinski definition) is 2. The molecule has 0 radical (unpaired) electrons. The summed E-state index contributed by atoms with van der Waals surface area (Å²) in [7, 11) is 1.92. The summed E-state index contributed by atoms with van der Waals surface area (Å²) in [5.74, 6) is 0. The van der Waals surface area contributed by atoms with Crippen LogP contribution in [-0.4, -0.2) is 17.2 Å². The molecule has 0 aliphatic carbocycles. The van der Waals surface area contributed by atoms with Gasteiger partial charge in [0.1, 0.15) is 5.69 Å². The molecule has 0 saturated heterocycles. The smallest absolute Gasteiger partial charge is 0.107 e. The van der Waals surface area contributed by atoms with E-state index in [1.807, 2.05) is 7.05 Å². The summed E-state index contributed by atoms with van der Waals surface area (Å²) in [5, 5.41) is 10.6. The zero-order valence-corrected chi connectivity index (χ0v) is 12.8. The molecular weight excluding hydrogens is 290 g/mol. The Kier molecular flexibility index (Phi) is 3.88. The van der Waals surface area contributed by atoms with E-state index >= 15 is 0 Å². The van der Waals surface area contributed by atoms with Gasteiger partial charge in [0, 0.05) is 12.1 Å². The maximum Gasteiger partial charge on any atom is 0.107 e. The molecule has 96 valence electrons. The van der Waals surface area contributed by atoms with Gasteiger partial charge in [-0.15, -0.1) is 0 Å². The molecule has 2 N–H and O–H groups in total. The fourth-order valence-electron chi connectivity index (χ4n) is 2.05. The van der Waals surface area contributed by atoms with E-state index in [1.165, 1.54) is 22.3 Å². The van der Waals surface area contributed by atoms with Crippen molar-refractivity contribution in [3.8, 4) is 11.3 Å². The molecule has 0 aliphatic heterocycles. The van der Waals surface area contributed by atoms with Gasteiger partial charge in [-0.25, -0.2) is 0 Å². The number of aromatic amines is 1. The zero-order chi connectivity index (χ0) is 13.3. The van der Waals surface area contributed by atoms with Crippen LogP contribution in [0.25, 0.3) is 11.3 Å². The number of nitrogens with one attached hydrogen (secondary N) is 2. The molecule has 2 rings (SSSR count). The van der Waals surface area contributed by atoms with Crippen LogP contribution in [0.5, 0.6) is 0 Å². The molecule has 0 atom stereocenters. The molecule has 1 aromatic heterocycles. The number of nitrogens with zero attached hydrogens (tertiary/aromatic N) is 1. The fourth-order valence-corrected chi connectivity index (χ4v) is 2.58. The van der Waals surface area contributed by atoms with Crippen molar-refractivity contribution in [2.75, 3.05) is 7.05 Å². The minimum Gasteiger partial charge on any atom is -0.314 e. The molecular formula is C14H18BrN3. The van der Waals surface area contributed by atoms with Crippen LogP contribution in [0.1, 0.15) is 22.4 Å². The average molecular weight is 308 g/mol. The van der Waals surface area contributed by atoms with E-state index in [9.17, 15) is 0 Å². The SMILES string of the molecule is CNCc1[nH]nc(-c2cc(C)c(C)cc2C)c1Br. The molecule has 2 aromatic rings. The van der Waals surface area contributed by atoms with Crippen molar-refractivity contribution in [2.45, 2.75) is 27.3 Å². The highest BCUT2D eigenvalue weighted by Gasteiger charge is 2.14. The lowest BCUT2D eigenvalue weighted by Gasteiger charge is -2.08. The number of rotatable bonds is 3. The first-order valence-corrected chi connectivity index (χ1v) is 6.79. The minimum atomic E-state index is 0.775. The van der Waals surface area contributed by atoms with Gasteiger partial charge in [-0.05, 0) is 66.5 Å². The summed E-state index contributed by atoms with van der Waals surface area (Å²) in [6.07, 6.45) is 0. The van der Waals surface area contributed by atoms with E-state index in [1.54, 1.807) is 0 Å². The molecule has 0 fully saturated rings. The number of hydrogen-bond donors (Lipinski definition) is 2. The van der Waals surface area contributed by atoms with E-state index in [2.05, 4.69) is 64.3 Å². The Morgan fingerprint density at radius 3 is 2.50 bits per heavy atom. The second kappa shape index (κ2) is 5.24. The second-order valence-corrected chi connectivity index (χ2v) is 5.44. The Bertz CT molecular complexity index is 573. The molecule has 1 aromatic carbocycles. The number of H-pyrrole nitrogens is 1. The van der Waals surface area contributed by atoms with Crippen molar-refractivity contribution in [2.24, 2.45) is 0 Å². The van der Waals surface area contributed by atoms with Gasteiger partial charge in [0.2, 0.25) is 0 Å². The van der Waals surface area contributed by atoms with E-state index in [0.29, 0.717) is 0 Å². The molecule has 1 heterocycles. The van der Waals surface area contributed by atoms with Crippen LogP contribution in [0, 0.1) is 20.8 Å². The third kappa shape index (κ3) is 2.35. The van der Waals surface area contributed by atoms with Crippen molar-refractivity contribution in [3.05, 3.63) is 39.0 Å². The van der Waals surface area contributed by atoms with Gasteiger partial charge in [0.05, 0.1) is 10.2 Å². The Hall–Kier alpha value is -1.13. The lowest BCUT2D eigenvalue weighted by atomic mass is 9.99. The van der Waals surface area contributed by atoms with Crippen LogP contribution >= 0.6 is 15.9 Å². The summed E-state index contributed by atoms with van der Waals surface area (Å²) in [6, 6.07) is 4.41. The minimum absolute atomic E-state index is 0.775. The summed E-state index contributed by atoms with van der Waals surface area (Å²) < 4.78 is 1.04. The third-order valence-corrected chi connectivity index (χ3v) is 4.08. The number of aryl methyl sites for hydroxylation is 3. The van der Waals surface area contributed by atoms with Crippen LogP contribution in [0.15, 0.2) is 16.6 Å². The third-order valence-electron chi connectivity index (χ3n) is 3.22. The topological polar surface area (TPSA) is 40.7 Å². The van der Waals surface area contributed by atoms with E-state index in [-0.39, 0.29) is 0 Å². The summed E-state index contributed by atoms with van der Waals surface area (Å²) >= 11 is 3.63. The fraction of sp³-hybridized carbons (Fsp3) is 0.357. The monoisotopic (exact) mass is 307 g/mol. The molecule has 0 saturated carbocycles. The quantitative estimate of drug-likeness (QED) is 0.911. The van der Waals surface area contributed by atoms with E-state index < -0.39 is 0 Å². The predicted octanol–water partition coefficient (Wildman–Crippen LogP) is 3.48. The van der Waals surface area contributed by atoms with E-state index in [0.717, 1.165) is 22.4 Å². The van der Waals surface area contributed by atoms with Gasteiger partial charge in [-0.2, -0.15) is 5.10 Å². The molecule has 3 nitrogen and oxygen atoms in total. The predicted molar refractivity (Wildman–Crippen MR) is 78.7 cm³/mol. The highest BCUT2D eigenvalue weighted by Crippen LogP contribution is 2.32. The normalized spacial score (nSPS) is 10.9. The number of aromatic nitrogens is 2. The second-order valence-electron chi connectivity index (χ2n) is 4.65. The first-order valence-electron chi connectivity index (χ1n) is 6.00. The van der Waals surface area contributed by atoms with E-state index in [4.69, 9.17) is 0 Å². The van der Waals surface area contributed by atoms with Gasteiger partial charge in [0.25, 0.3) is 0 Å². The highest BCUT2D eigenvalue weighted by atomic mass is 79.9. The van der Waals surface area contributed by atoms with Crippen LogP contribution in [0.4, 0.5) is 0 Å². The molecule has 0 spiro atoms. The Morgan fingerprint density at radius 2 is 1.83 bits per heavy atom. The highest BCUT2D eigenvalue weighted by molar-refractivity contribution is 9.10. The lowest BCUT2D eigenvalue weighted by Crippen LogP contribution is -2.05. The first-order chi connectivity index (χ1) is 8.54. The van der Waals surface area contributed by atoms with Crippen molar-refractivity contribution >= 4 is 15.9 Å². The maximum atomic E-state index is 4.42. The van der Waals surface area contributed by atoms with Gasteiger partial charge >= 0.3 is 0 Å². The largest absolute Gasteiger partial charge is 0.314 e. The van der Waals surface area contributed by atoms with Gasteiger partial charge in [-0.1, -0.05) is 6.07 Å². The van der Waals surface area contributed by atoms with Crippen molar-refractivity contribution in [1.29, 1.82) is 0 Å². The molecule has 18 heavy (non-hydrogen) atoms. The van der Waals surface area contributed by atoms with Crippen molar-refractivity contribution in [1.82, 2.24) is 15.5 Å². The maximum absolute atomic E-state index is 4.42. The molecule has 0 amide bonds. The zero-order valence-electron chi connectivity index (χ0n) is 11.2. The number of benzene rings is 1. The average Bonchev–Trinajstić information content (AvgIpc) is 2.67.